The minimum atomic E-state index is 0.645. The van der Waals surface area contributed by atoms with E-state index in [1.807, 2.05) is 24.5 Å². The number of nitrogens with zero attached hydrogens (tertiary/aromatic N) is 2. The summed E-state index contributed by atoms with van der Waals surface area (Å²) < 4.78 is 0. The maximum Gasteiger partial charge on any atom is 0.0434 e. The quantitative estimate of drug-likeness (QED) is 0.792. The molecule has 0 aromatic carbocycles. The van der Waals surface area contributed by atoms with Crippen LogP contribution in [0, 0.1) is 0 Å². The van der Waals surface area contributed by atoms with Crippen molar-refractivity contribution >= 4 is 0 Å². The van der Waals surface area contributed by atoms with Crippen molar-refractivity contribution in [2.24, 2.45) is 0 Å². The van der Waals surface area contributed by atoms with E-state index < -0.39 is 0 Å². The zero-order chi connectivity index (χ0) is 12.2. The predicted octanol–water partition coefficient (Wildman–Crippen LogP) is 3.92. The third-order valence-corrected chi connectivity index (χ3v) is 3.94. The summed E-state index contributed by atoms with van der Waals surface area (Å²) in [6.45, 7) is 0. The third kappa shape index (κ3) is 2.42. The van der Waals surface area contributed by atoms with Gasteiger partial charge >= 0.3 is 0 Å². The Balaban J connectivity index is 1.65. The average molecular weight is 238 g/mol. The Kier molecular flexibility index (Phi) is 3.35. The monoisotopic (exact) mass is 238 g/mol. The molecule has 18 heavy (non-hydrogen) atoms. The predicted molar refractivity (Wildman–Crippen MR) is 72.4 cm³/mol. The average Bonchev–Trinajstić information content (AvgIpc) is 2.49. The van der Waals surface area contributed by atoms with Crippen molar-refractivity contribution in [1.82, 2.24) is 9.97 Å². The summed E-state index contributed by atoms with van der Waals surface area (Å²) in [5, 5.41) is 0. The standard InChI is InChI=1S/C16H18N2/c1-3-11-17-15(5-1)13-7-9-14(10-8-13)16-6-2-4-12-18-16/h1-6,11-14H,7-10H2. The van der Waals surface area contributed by atoms with Gasteiger partial charge in [-0.25, -0.2) is 0 Å². The maximum absolute atomic E-state index is 4.48. The molecule has 0 amide bonds. The molecule has 1 aliphatic carbocycles. The van der Waals surface area contributed by atoms with Crippen molar-refractivity contribution in [2.75, 3.05) is 0 Å². The van der Waals surface area contributed by atoms with Crippen molar-refractivity contribution in [3.8, 4) is 0 Å². The fourth-order valence-corrected chi connectivity index (χ4v) is 2.92. The molecule has 0 spiro atoms. The first-order chi connectivity index (χ1) is 8.93. The molecule has 1 aliphatic rings. The number of pyridine rings is 2. The molecule has 0 N–H and O–H groups in total. The molecular formula is C16H18N2. The molecule has 1 fully saturated rings. The van der Waals surface area contributed by atoms with Gasteiger partial charge in [0.1, 0.15) is 0 Å². The van der Waals surface area contributed by atoms with Crippen molar-refractivity contribution in [3.63, 3.8) is 0 Å². The zero-order valence-corrected chi connectivity index (χ0v) is 10.5. The van der Waals surface area contributed by atoms with Gasteiger partial charge in [-0.2, -0.15) is 0 Å². The van der Waals surface area contributed by atoms with Crippen LogP contribution in [0.5, 0.6) is 0 Å². The van der Waals surface area contributed by atoms with Crippen molar-refractivity contribution < 1.29 is 0 Å². The van der Waals surface area contributed by atoms with Gasteiger partial charge < -0.3 is 0 Å². The fraction of sp³-hybridized carbons (Fsp3) is 0.375. The molecule has 0 saturated heterocycles. The lowest BCUT2D eigenvalue weighted by atomic mass is 9.79. The van der Waals surface area contributed by atoms with Gasteiger partial charge in [0.25, 0.3) is 0 Å². The van der Waals surface area contributed by atoms with Crippen LogP contribution in [0.15, 0.2) is 48.8 Å². The van der Waals surface area contributed by atoms with Crippen LogP contribution in [0.25, 0.3) is 0 Å². The number of rotatable bonds is 2. The van der Waals surface area contributed by atoms with Crippen LogP contribution in [0.4, 0.5) is 0 Å². The van der Waals surface area contributed by atoms with Gasteiger partial charge in [-0.1, -0.05) is 12.1 Å². The zero-order valence-electron chi connectivity index (χ0n) is 10.5. The lowest BCUT2D eigenvalue weighted by Gasteiger charge is -2.27. The first-order valence-electron chi connectivity index (χ1n) is 6.75. The highest BCUT2D eigenvalue weighted by Gasteiger charge is 2.24. The Morgan fingerprint density at radius 1 is 0.667 bits per heavy atom. The normalized spacial score (nSPS) is 23.8. The number of aromatic nitrogens is 2. The molecule has 3 rings (SSSR count). The summed E-state index contributed by atoms with van der Waals surface area (Å²) in [4.78, 5) is 8.97. The molecule has 2 nitrogen and oxygen atoms in total. The van der Waals surface area contributed by atoms with Crippen LogP contribution in [0.3, 0.4) is 0 Å². The lowest BCUT2D eigenvalue weighted by Crippen LogP contribution is -2.13. The van der Waals surface area contributed by atoms with Gasteiger partial charge in [0.05, 0.1) is 0 Å². The van der Waals surface area contributed by atoms with Crippen LogP contribution in [0.1, 0.15) is 48.9 Å². The smallest absolute Gasteiger partial charge is 0.0434 e. The second-order valence-corrected chi connectivity index (χ2v) is 5.06. The Morgan fingerprint density at radius 2 is 1.11 bits per heavy atom. The lowest BCUT2D eigenvalue weighted by molar-refractivity contribution is 0.386. The van der Waals surface area contributed by atoms with E-state index in [9.17, 15) is 0 Å². The first-order valence-corrected chi connectivity index (χ1v) is 6.75. The highest BCUT2D eigenvalue weighted by molar-refractivity contribution is 5.14. The van der Waals surface area contributed by atoms with Gasteiger partial charge in [0.2, 0.25) is 0 Å². The molecule has 1 saturated carbocycles. The molecule has 0 radical (unpaired) electrons. The van der Waals surface area contributed by atoms with Crippen LogP contribution in [-0.4, -0.2) is 9.97 Å². The first kappa shape index (κ1) is 11.4. The molecule has 0 aliphatic heterocycles. The SMILES string of the molecule is c1ccc(C2CCC(c3ccccn3)CC2)nc1. The molecule has 2 aromatic rings. The molecule has 0 bridgehead atoms. The van der Waals surface area contributed by atoms with E-state index in [1.165, 1.54) is 37.1 Å². The van der Waals surface area contributed by atoms with Crippen molar-refractivity contribution in [3.05, 3.63) is 60.2 Å². The Bertz CT molecular complexity index is 425. The number of hydrogen-bond acceptors (Lipinski definition) is 2. The summed E-state index contributed by atoms with van der Waals surface area (Å²) in [7, 11) is 0. The highest BCUT2D eigenvalue weighted by atomic mass is 14.7. The Labute approximate surface area is 108 Å². The Hall–Kier alpha value is -1.70. The van der Waals surface area contributed by atoms with E-state index >= 15 is 0 Å². The molecule has 92 valence electrons. The molecular weight excluding hydrogens is 220 g/mol. The highest BCUT2D eigenvalue weighted by Crippen LogP contribution is 2.38. The van der Waals surface area contributed by atoms with E-state index in [0.717, 1.165) is 0 Å². The van der Waals surface area contributed by atoms with Gasteiger partial charge in [0.15, 0.2) is 0 Å². The second-order valence-electron chi connectivity index (χ2n) is 5.06. The molecule has 0 atom stereocenters. The molecule has 2 heteroatoms. The van der Waals surface area contributed by atoms with Crippen LogP contribution >= 0.6 is 0 Å². The van der Waals surface area contributed by atoms with Gasteiger partial charge in [-0.05, 0) is 49.9 Å². The van der Waals surface area contributed by atoms with Gasteiger partial charge in [0, 0.05) is 35.6 Å². The Morgan fingerprint density at radius 3 is 1.44 bits per heavy atom. The summed E-state index contributed by atoms with van der Waals surface area (Å²) >= 11 is 0. The maximum atomic E-state index is 4.48. The third-order valence-electron chi connectivity index (χ3n) is 3.94. The van der Waals surface area contributed by atoms with Crippen LogP contribution in [0.2, 0.25) is 0 Å². The van der Waals surface area contributed by atoms with Crippen LogP contribution in [-0.2, 0) is 0 Å². The molecule has 2 heterocycles. The van der Waals surface area contributed by atoms with Gasteiger partial charge in [-0.15, -0.1) is 0 Å². The molecule has 2 aromatic heterocycles. The van der Waals surface area contributed by atoms with Gasteiger partial charge in [-0.3, -0.25) is 9.97 Å². The molecule has 0 unspecified atom stereocenters. The van der Waals surface area contributed by atoms with E-state index in [2.05, 4.69) is 34.2 Å². The second kappa shape index (κ2) is 5.30. The summed E-state index contributed by atoms with van der Waals surface area (Å²) in [5.74, 6) is 1.29. The summed E-state index contributed by atoms with van der Waals surface area (Å²) in [6.07, 6.45) is 8.74. The van der Waals surface area contributed by atoms with Crippen LogP contribution < -0.4 is 0 Å². The van der Waals surface area contributed by atoms with E-state index in [1.54, 1.807) is 0 Å². The summed E-state index contributed by atoms with van der Waals surface area (Å²) in [6, 6.07) is 12.5. The van der Waals surface area contributed by atoms with E-state index in [-0.39, 0.29) is 0 Å². The minimum Gasteiger partial charge on any atom is -0.261 e. The number of hydrogen-bond donors (Lipinski definition) is 0. The largest absolute Gasteiger partial charge is 0.261 e. The van der Waals surface area contributed by atoms with Crippen molar-refractivity contribution in [2.45, 2.75) is 37.5 Å². The minimum absolute atomic E-state index is 0.645. The van der Waals surface area contributed by atoms with E-state index in [4.69, 9.17) is 0 Å². The summed E-state index contributed by atoms with van der Waals surface area (Å²) in [5.41, 5.74) is 2.52. The van der Waals surface area contributed by atoms with Crippen molar-refractivity contribution in [1.29, 1.82) is 0 Å². The fourth-order valence-electron chi connectivity index (χ4n) is 2.92. The topological polar surface area (TPSA) is 25.8 Å². The van der Waals surface area contributed by atoms with E-state index in [0.29, 0.717) is 11.8 Å².